The summed E-state index contributed by atoms with van der Waals surface area (Å²) in [5, 5.41) is 19.1. The molecule has 18 heavy (non-hydrogen) atoms. The van der Waals surface area contributed by atoms with E-state index in [-0.39, 0.29) is 6.61 Å². The number of nitrogens with two attached hydrogens (primary N) is 1. The van der Waals surface area contributed by atoms with Crippen molar-refractivity contribution in [3.05, 3.63) is 29.8 Å². The Morgan fingerprint density at radius 2 is 2.17 bits per heavy atom. The Morgan fingerprint density at radius 3 is 2.78 bits per heavy atom. The van der Waals surface area contributed by atoms with Gasteiger partial charge in [0, 0.05) is 32.4 Å². The van der Waals surface area contributed by atoms with Gasteiger partial charge < -0.3 is 20.7 Å². The molecule has 0 amide bonds. The molecule has 1 atom stereocenters. The van der Waals surface area contributed by atoms with E-state index in [1.54, 1.807) is 19.2 Å². The second-order valence-corrected chi connectivity index (χ2v) is 4.20. The number of nitrogen functional groups attached to an aromatic ring is 1. The van der Waals surface area contributed by atoms with Crippen molar-refractivity contribution in [2.75, 3.05) is 45.7 Å². The molecule has 102 valence electrons. The molecular weight excluding hydrogens is 232 g/mol. The number of benzene rings is 1. The first-order chi connectivity index (χ1) is 8.67. The Kier molecular flexibility index (Phi) is 6.67. The van der Waals surface area contributed by atoms with Crippen molar-refractivity contribution < 1.29 is 14.9 Å². The minimum Gasteiger partial charge on any atom is -0.399 e. The van der Waals surface area contributed by atoms with Crippen LogP contribution in [0, 0.1) is 0 Å². The lowest BCUT2D eigenvalue weighted by Crippen LogP contribution is -2.34. The molecule has 4 N–H and O–H groups in total. The average molecular weight is 254 g/mol. The van der Waals surface area contributed by atoms with Crippen LogP contribution in [0.3, 0.4) is 0 Å². The van der Waals surface area contributed by atoms with Gasteiger partial charge in [-0.3, -0.25) is 4.90 Å². The molecular formula is C13H22N2O3. The predicted molar refractivity (Wildman–Crippen MR) is 71.2 cm³/mol. The molecule has 1 unspecified atom stereocenters. The van der Waals surface area contributed by atoms with Crippen LogP contribution in [0.1, 0.15) is 11.7 Å². The summed E-state index contributed by atoms with van der Waals surface area (Å²) in [4.78, 5) is 1.96. The molecule has 1 aromatic rings. The molecule has 0 aliphatic carbocycles. The quantitative estimate of drug-likeness (QED) is 0.579. The number of aliphatic hydroxyl groups excluding tert-OH is 2. The number of hydrogen-bond acceptors (Lipinski definition) is 5. The van der Waals surface area contributed by atoms with Gasteiger partial charge in [-0.25, -0.2) is 0 Å². The highest BCUT2D eigenvalue weighted by Crippen LogP contribution is 2.16. The van der Waals surface area contributed by atoms with Crippen LogP contribution >= 0.6 is 0 Å². The van der Waals surface area contributed by atoms with Gasteiger partial charge in [-0.15, -0.1) is 0 Å². The largest absolute Gasteiger partial charge is 0.399 e. The van der Waals surface area contributed by atoms with E-state index in [1.807, 2.05) is 17.0 Å². The van der Waals surface area contributed by atoms with Crippen LogP contribution in [0.15, 0.2) is 24.3 Å². The number of aliphatic hydroxyl groups is 2. The summed E-state index contributed by atoms with van der Waals surface area (Å²) in [6.45, 7) is 2.28. The monoisotopic (exact) mass is 254 g/mol. The Hall–Kier alpha value is -1.14. The highest BCUT2D eigenvalue weighted by molar-refractivity contribution is 5.41. The summed E-state index contributed by atoms with van der Waals surface area (Å²) in [5.74, 6) is 0. The Labute approximate surface area is 108 Å². The summed E-state index contributed by atoms with van der Waals surface area (Å²) in [5.41, 5.74) is 7.10. The minimum absolute atomic E-state index is 0.0629. The Balaban J connectivity index is 2.56. The fourth-order valence-corrected chi connectivity index (χ4v) is 1.77. The van der Waals surface area contributed by atoms with Crippen molar-refractivity contribution in [3.8, 4) is 0 Å². The number of hydrogen-bond donors (Lipinski definition) is 3. The second-order valence-electron chi connectivity index (χ2n) is 4.20. The van der Waals surface area contributed by atoms with Gasteiger partial charge in [-0.05, 0) is 17.7 Å². The molecule has 0 aromatic heterocycles. The topological polar surface area (TPSA) is 79.0 Å². The summed E-state index contributed by atoms with van der Waals surface area (Å²) < 4.78 is 5.00. The Morgan fingerprint density at radius 1 is 1.39 bits per heavy atom. The van der Waals surface area contributed by atoms with Gasteiger partial charge in [0.05, 0.1) is 19.3 Å². The molecule has 0 radical (unpaired) electrons. The zero-order valence-electron chi connectivity index (χ0n) is 10.7. The van der Waals surface area contributed by atoms with Crippen LogP contribution in [0.2, 0.25) is 0 Å². The van der Waals surface area contributed by atoms with Crippen molar-refractivity contribution in [2.45, 2.75) is 6.10 Å². The van der Waals surface area contributed by atoms with E-state index >= 15 is 0 Å². The van der Waals surface area contributed by atoms with Crippen LogP contribution in [0.25, 0.3) is 0 Å². The maximum Gasteiger partial charge on any atom is 0.0917 e. The van der Waals surface area contributed by atoms with Gasteiger partial charge in [0.1, 0.15) is 0 Å². The van der Waals surface area contributed by atoms with Crippen LogP contribution in [-0.4, -0.2) is 55.1 Å². The van der Waals surface area contributed by atoms with Crippen molar-refractivity contribution in [2.24, 2.45) is 0 Å². The number of methoxy groups -OCH3 is 1. The van der Waals surface area contributed by atoms with E-state index in [2.05, 4.69) is 0 Å². The fourth-order valence-electron chi connectivity index (χ4n) is 1.77. The maximum atomic E-state index is 10.1. The Bertz CT molecular complexity index is 347. The van der Waals surface area contributed by atoms with Crippen LogP contribution in [0.4, 0.5) is 5.69 Å². The number of rotatable bonds is 8. The molecule has 0 spiro atoms. The normalized spacial score (nSPS) is 12.9. The number of ether oxygens (including phenoxy) is 1. The van der Waals surface area contributed by atoms with Crippen molar-refractivity contribution in [1.29, 1.82) is 0 Å². The first-order valence-electron chi connectivity index (χ1n) is 6.03. The van der Waals surface area contributed by atoms with Gasteiger partial charge in [0.2, 0.25) is 0 Å². The van der Waals surface area contributed by atoms with E-state index in [4.69, 9.17) is 15.6 Å². The summed E-state index contributed by atoms with van der Waals surface area (Å²) >= 11 is 0. The summed E-state index contributed by atoms with van der Waals surface area (Å²) in [7, 11) is 1.63. The molecule has 0 aliphatic rings. The van der Waals surface area contributed by atoms with Crippen LogP contribution in [0.5, 0.6) is 0 Å². The highest BCUT2D eigenvalue weighted by atomic mass is 16.5. The minimum atomic E-state index is -0.614. The summed E-state index contributed by atoms with van der Waals surface area (Å²) in [6, 6.07) is 7.21. The molecule has 0 saturated heterocycles. The molecule has 0 bridgehead atoms. The lowest BCUT2D eigenvalue weighted by atomic mass is 10.1. The standard InChI is InChI=1S/C13H22N2O3/c1-18-8-6-15(5-7-16)10-13(17)11-3-2-4-12(14)9-11/h2-4,9,13,16-17H,5-8,10,14H2,1H3. The molecule has 0 saturated carbocycles. The van der Waals surface area contributed by atoms with E-state index in [1.165, 1.54) is 0 Å². The van der Waals surface area contributed by atoms with Gasteiger partial charge in [0.15, 0.2) is 0 Å². The fraction of sp³-hybridized carbons (Fsp3) is 0.538. The lowest BCUT2D eigenvalue weighted by Gasteiger charge is -2.24. The lowest BCUT2D eigenvalue weighted by molar-refractivity contribution is 0.0779. The van der Waals surface area contributed by atoms with Gasteiger partial charge in [-0.1, -0.05) is 12.1 Å². The predicted octanol–water partition coefficient (Wildman–Crippen LogP) is 0.243. The third-order valence-electron chi connectivity index (χ3n) is 2.75. The number of anilines is 1. The van der Waals surface area contributed by atoms with Crippen LogP contribution in [-0.2, 0) is 4.74 Å². The van der Waals surface area contributed by atoms with E-state index in [0.29, 0.717) is 31.9 Å². The van der Waals surface area contributed by atoms with Crippen molar-refractivity contribution in [1.82, 2.24) is 4.90 Å². The molecule has 5 nitrogen and oxygen atoms in total. The number of nitrogens with zero attached hydrogens (tertiary/aromatic N) is 1. The molecule has 1 rings (SSSR count). The molecule has 0 aliphatic heterocycles. The second kappa shape index (κ2) is 8.05. The first kappa shape index (κ1) is 14.9. The summed E-state index contributed by atoms with van der Waals surface area (Å²) in [6.07, 6.45) is -0.614. The zero-order valence-corrected chi connectivity index (χ0v) is 10.7. The molecule has 0 fully saturated rings. The van der Waals surface area contributed by atoms with Gasteiger partial charge in [-0.2, -0.15) is 0 Å². The first-order valence-corrected chi connectivity index (χ1v) is 6.03. The van der Waals surface area contributed by atoms with E-state index in [0.717, 1.165) is 5.56 Å². The van der Waals surface area contributed by atoms with Gasteiger partial charge >= 0.3 is 0 Å². The zero-order chi connectivity index (χ0) is 13.4. The maximum absolute atomic E-state index is 10.1. The molecule has 0 heterocycles. The third-order valence-corrected chi connectivity index (χ3v) is 2.75. The van der Waals surface area contributed by atoms with Crippen molar-refractivity contribution in [3.63, 3.8) is 0 Å². The SMILES string of the molecule is COCCN(CCO)CC(O)c1cccc(N)c1. The van der Waals surface area contributed by atoms with Crippen molar-refractivity contribution >= 4 is 5.69 Å². The van der Waals surface area contributed by atoms with Gasteiger partial charge in [0.25, 0.3) is 0 Å². The highest BCUT2D eigenvalue weighted by Gasteiger charge is 2.13. The smallest absolute Gasteiger partial charge is 0.0917 e. The molecule has 1 aromatic carbocycles. The molecule has 5 heteroatoms. The third kappa shape index (κ3) is 5.01. The van der Waals surface area contributed by atoms with E-state index in [9.17, 15) is 5.11 Å². The van der Waals surface area contributed by atoms with Crippen LogP contribution < -0.4 is 5.73 Å². The average Bonchev–Trinajstić information content (AvgIpc) is 2.36. The van der Waals surface area contributed by atoms with E-state index < -0.39 is 6.10 Å².